The van der Waals surface area contributed by atoms with Crippen LogP contribution < -0.4 is 0 Å². The van der Waals surface area contributed by atoms with Crippen LogP contribution in [0.2, 0.25) is 0 Å². The minimum Gasteiger partial charge on any atom is -0.444 e. The van der Waals surface area contributed by atoms with Crippen LogP contribution in [0.25, 0.3) is 11.5 Å². The standard InChI is InChI=1S/C20H14FN3O4/c21-15-8-6-14(7-9-15)17-22-16(12-28-17)11-24-19(26)18(25)23(20(24)27)10-13-4-2-1-3-5-13/h1-9,12H,10-11H2. The van der Waals surface area contributed by atoms with E-state index in [2.05, 4.69) is 4.98 Å². The Balaban J connectivity index is 1.50. The summed E-state index contributed by atoms with van der Waals surface area (Å²) in [6.45, 7) is -0.181. The number of benzene rings is 2. The van der Waals surface area contributed by atoms with Crippen molar-refractivity contribution in [2.45, 2.75) is 13.1 Å². The van der Waals surface area contributed by atoms with Crippen LogP contribution in [0.15, 0.2) is 65.3 Å². The van der Waals surface area contributed by atoms with Crippen LogP contribution in [0.4, 0.5) is 9.18 Å². The number of rotatable bonds is 5. The lowest BCUT2D eigenvalue weighted by atomic mass is 10.2. The molecule has 0 unspecified atom stereocenters. The summed E-state index contributed by atoms with van der Waals surface area (Å²) >= 11 is 0. The Morgan fingerprint density at radius 3 is 2.18 bits per heavy atom. The number of hydrogen-bond acceptors (Lipinski definition) is 5. The number of imide groups is 2. The summed E-state index contributed by atoms with van der Waals surface area (Å²) in [5.41, 5.74) is 1.59. The summed E-state index contributed by atoms with van der Waals surface area (Å²) in [5, 5.41) is 0. The second-order valence-corrected chi connectivity index (χ2v) is 6.20. The summed E-state index contributed by atoms with van der Waals surface area (Å²) < 4.78 is 18.4. The maximum Gasteiger partial charge on any atom is 0.334 e. The Kier molecular flexibility index (Phi) is 4.44. The van der Waals surface area contributed by atoms with Crippen LogP contribution in [0, 0.1) is 5.82 Å². The third kappa shape index (κ3) is 3.27. The number of carbonyl (C=O) groups is 3. The highest BCUT2D eigenvalue weighted by atomic mass is 19.1. The molecule has 4 amide bonds. The minimum absolute atomic E-state index is 0.0143. The first-order chi connectivity index (χ1) is 13.5. The number of urea groups is 1. The molecule has 2 heterocycles. The maximum absolute atomic E-state index is 13.0. The Labute approximate surface area is 159 Å². The lowest BCUT2D eigenvalue weighted by molar-refractivity contribution is -0.143. The number of aromatic nitrogens is 1. The van der Waals surface area contributed by atoms with Gasteiger partial charge in [-0.2, -0.15) is 0 Å². The van der Waals surface area contributed by atoms with E-state index in [-0.39, 0.29) is 24.8 Å². The van der Waals surface area contributed by atoms with Gasteiger partial charge in [0.1, 0.15) is 12.1 Å². The first-order valence-electron chi connectivity index (χ1n) is 8.44. The Bertz CT molecular complexity index is 1050. The monoisotopic (exact) mass is 379 g/mol. The summed E-state index contributed by atoms with van der Waals surface area (Å²) in [6.07, 6.45) is 1.30. The smallest absolute Gasteiger partial charge is 0.334 e. The average molecular weight is 379 g/mol. The molecule has 28 heavy (non-hydrogen) atoms. The molecule has 2 aromatic carbocycles. The molecule has 0 saturated carbocycles. The highest BCUT2D eigenvalue weighted by Crippen LogP contribution is 2.22. The van der Waals surface area contributed by atoms with Gasteiger partial charge in [-0.3, -0.25) is 14.5 Å². The zero-order chi connectivity index (χ0) is 19.7. The number of hydrogen-bond donors (Lipinski definition) is 0. The number of oxazole rings is 1. The van der Waals surface area contributed by atoms with Gasteiger partial charge in [-0.15, -0.1) is 0 Å². The van der Waals surface area contributed by atoms with E-state index in [1.807, 2.05) is 6.07 Å². The maximum atomic E-state index is 13.0. The van der Waals surface area contributed by atoms with Crippen molar-refractivity contribution >= 4 is 17.8 Å². The fourth-order valence-corrected chi connectivity index (χ4v) is 2.86. The predicted octanol–water partition coefficient (Wildman–Crippen LogP) is 2.97. The number of carbonyl (C=O) groups excluding carboxylic acids is 3. The topological polar surface area (TPSA) is 83.7 Å². The van der Waals surface area contributed by atoms with Crippen LogP contribution in [-0.2, 0) is 22.7 Å². The SMILES string of the molecule is O=C1C(=O)N(Cc2coc(-c3ccc(F)cc3)n2)C(=O)N1Cc1ccccc1. The molecule has 0 aliphatic carbocycles. The van der Waals surface area contributed by atoms with Crippen molar-refractivity contribution < 1.29 is 23.2 Å². The summed E-state index contributed by atoms with van der Waals surface area (Å²) in [7, 11) is 0. The van der Waals surface area contributed by atoms with Crippen molar-refractivity contribution in [2.24, 2.45) is 0 Å². The minimum atomic E-state index is -0.910. The van der Waals surface area contributed by atoms with Crippen molar-refractivity contribution in [3.8, 4) is 11.5 Å². The highest BCUT2D eigenvalue weighted by Gasteiger charge is 2.44. The number of amides is 4. The van der Waals surface area contributed by atoms with Gasteiger partial charge in [-0.05, 0) is 29.8 Å². The molecule has 8 heteroatoms. The molecule has 3 aromatic rings. The fourth-order valence-electron chi connectivity index (χ4n) is 2.86. The van der Waals surface area contributed by atoms with Crippen LogP contribution in [0.5, 0.6) is 0 Å². The van der Waals surface area contributed by atoms with Crippen molar-refractivity contribution in [3.05, 3.63) is 77.9 Å². The van der Waals surface area contributed by atoms with E-state index in [0.717, 1.165) is 15.4 Å². The van der Waals surface area contributed by atoms with Crippen LogP contribution in [0.1, 0.15) is 11.3 Å². The van der Waals surface area contributed by atoms with Gasteiger partial charge >= 0.3 is 17.8 Å². The average Bonchev–Trinajstić information content (AvgIpc) is 3.25. The van der Waals surface area contributed by atoms with Gasteiger partial charge in [-0.1, -0.05) is 30.3 Å². The van der Waals surface area contributed by atoms with Crippen LogP contribution in [0.3, 0.4) is 0 Å². The quantitative estimate of drug-likeness (QED) is 0.503. The van der Waals surface area contributed by atoms with Crippen LogP contribution in [-0.4, -0.2) is 32.6 Å². The zero-order valence-electron chi connectivity index (χ0n) is 14.5. The van der Waals surface area contributed by atoms with E-state index in [1.165, 1.54) is 30.5 Å². The van der Waals surface area contributed by atoms with E-state index in [1.54, 1.807) is 24.3 Å². The highest BCUT2D eigenvalue weighted by molar-refractivity contribution is 6.44. The second-order valence-electron chi connectivity index (χ2n) is 6.20. The van der Waals surface area contributed by atoms with E-state index < -0.39 is 17.8 Å². The van der Waals surface area contributed by atoms with E-state index in [4.69, 9.17) is 4.42 Å². The molecule has 0 atom stereocenters. The third-order valence-corrected chi connectivity index (χ3v) is 4.28. The molecular weight excluding hydrogens is 365 g/mol. The summed E-state index contributed by atoms with van der Waals surface area (Å²) in [6, 6.07) is 13.8. The fraction of sp³-hybridized carbons (Fsp3) is 0.100. The van der Waals surface area contributed by atoms with E-state index in [9.17, 15) is 18.8 Å². The van der Waals surface area contributed by atoms with Gasteiger partial charge in [0.25, 0.3) is 0 Å². The molecule has 1 aliphatic heterocycles. The van der Waals surface area contributed by atoms with Crippen molar-refractivity contribution in [2.75, 3.05) is 0 Å². The Morgan fingerprint density at radius 2 is 1.50 bits per heavy atom. The Hall–Kier alpha value is -3.81. The largest absolute Gasteiger partial charge is 0.444 e. The van der Waals surface area contributed by atoms with Gasteiger partial charge in [0.15, 0.2) is 0 Å². The lowest BCUT2D eigenvalue weighted by Gasteiger charge is -2.14. The van der Waals surface area contributed by atoms with Gasteiger partial charge < -0.3 is 4.42 Å². The zero-order valence-corrected chi connectivity index (χ0v) is 14.5. The molecule has 4 rings (SSSR count). The molecule has 1 fully saturated rings. The van der Waals surface area contributed by atoms with Gasteiger partial charge in [-0.25, -0.2) is 19.1 Å². The van der Waals surface area contributed by atoms with Crippen molar-refractivity contribution in [1.82, 2.24) is 14.8 Å². The summed E-state index contributed by atoms with van der Waals surface area (Å²) in [4.78, 5) is 43.0. The van der Waals surface area contributed by atoms with Crippen molar-refractivity contribution in [3.63, 3.8) is 0 Å². The normalized spacial score (nSPS) is 14.2. The molecule has 1 aliphatic rings. The van der Waals surface area contributed by atoms with Crippen molar-refractivity contribution in [1.29, 1.82) is 0 Å². The molecule has 0 bridgehead atoms. The van der Waals surface area contributed by atoms with Gasteiger partial charge in [0, 0.05) is 5.56 Å². The third-order valence-electron chi connectivity index (χ3n) is 4.28. The first-order valence-corrected chi connectivity index (χ1v) is 8.44. The van der Waals surface area contributed by atoms with Gasteiger partial charge in [0.05, 0.1) is 18.8 Å². The molecule has 1 aromatic heterocycles. The lowest BCUT2D eigenvalue weighted by Crippen LogP contribution is -2.32. The molecule has 0 N–H and O–H groups in total. The molecule has 1 saturated heterocycles. The molecular formula is C20H14FN3O4. The predicted molar refractivity (Wildman–Crippen MR) is 94.8 cm³/mol. The first kappa shape index (κ1) is 17.6. The summed E-state index contributed by atoms with van der Waals surface area (Å²) in [5.74, 6) is -1.95. The second kappa shape index (κ2) is 7.07. The molecule has 0 radical (unpaired) electrons. The number of nitrogens with zero attached hydrogens (tertiary/aromatic N) is 3. The molecule has 7 nitrogen and oxygen atoms in total. The molecule has 140 valence electrons. The van der Waals surface area contributed by atoms with Crippen LogP contribution >= 0.6 is 0 Å². The number of halogens is 1. The van der Waals surface area contributed by atoms with Gasteiger partial charge in [0.2, 0.25) is 5.89 Å². The van der Waals surface area contributed by atoms with E-state index >= 15 is 0 Å². The molecule has 0 spiro atoms. The Morgan fingerprint density at radius 1 is 0.857 bits per heavy atom. The van der Waals surface area contributed by atoms with E-state index in [0.29, 0.717) is 11.3 Å².